The minimum atomic E-state index is 0.662. The predicted molar refractivity (Wildman–Crippen MR) is 71.3 cm³/mol. The molecule has 1 saturated heterocycles. The quantitative estimate of drug-likeness (QED) is 0.701. The summed E-state index contributed by atoms with van der Waals surface area (Å²) in [5.41, 5.74) is 0. The summed E-state index contributed by atoms with van der Waals surface area (Å²) in [5.74, 6) is 0.746. The molecule has 2 aliphatic rings. The third kappa shape index (κ3) is 3.94. The minimum Gasteiger partial charge on any atom is -0.381 e. The Labute approximate surface area is 106 Å². The van der Waals surface area contributed by atoms with Gasteiger partial charge in [0.2, 0.25) is 0 Å². The van der Waals surface area contributed by atoms with Crippen LogP contribution in [0.5, 0.6) is 0 Å². The molecule has 2 fully saturated rings. The lowest BCUT2D eigenvalue weighted by Gasteiger charge is -2.25. The molecule has 17 heavy (non-hydrogen) atoms. The predicted octanol–water partition coefficient (Wildman–Crippen LogP) is 1.88. The number of rotatable bonds is 8. The van der Waals surface area contributed by atoms with Crippen LogP contribution in [-0.2, 0) is 4.74 Å². The van der Waals surface area contributed by atoms with E-state index in [9.17, 15) is 0 Å². The zero-order chi connectivity index (χ0) is 12.1. The second-order valence-corrected chi connectivity index (χ2v) is 5.45. The van der Waals surface area contributed by atoms with Gasteiger partial charge in [-0.3, -0.25) is 4.90 Å². The monoisotopic (exact) mass is 240 g/mol. The van der Waals surface area contributed by atoms with Gasteiger partial charge in [0.25, 0.3) is 0 Å². The second-order valence-electron chi connectivity index (χ2n) is 5.45. The first-order valence-corrected chi connectivity index (χ1v) is 7.40. The van der Waals surface area contributed by atoms with Crippen LogP contribution in [0.1, 0.15) is 39.5 Å². The van der Waals surface area contributed by atoms with Crippen LogP contribution in [-0.4, -0.2) is 49.8 Å². The summed E-state index contributed by atoms with van der Waals surface area (Å²) in [6.07, 6.45) is 5.30. The van der Waals surface area contributed by atoms with Gasteiger partial charge in [0.1, 0.15) is 0 Å². The topological polar surface area (TPSA) is 24.5 Å². The molecule has 1 heterocycles. The van der Waals surface area contributed by atoms with Gasteiger partial charge in [-0.05, 0) is 38.1 Å². The van der Waals surface area contributed by atoms with E-state index < -0.39 is 0 Å². The van der Waals surface area contributed by atoms with Crippen molar-refractivity contribution in [3.63, 3.8) is 0 Å². The number of hydrogen-bond acceptors (Lipinski definition) is 3. The van der Waals surface area contributed by atoms with E-state index in [0.29, 0.717) is 6.04 Å². The number of hydrogen-bond donors (Lipinski definition) is 1. The van der Waals surface area contributed by atoms with Gasteiger partial charge in [0, 0.05) is 31.8 Å². The Kier molecular flexibility index (Phi) is 5.26. The summed E-state index contributed by atoms with van der Waals surface area (Å²) >= 11 is 0. The fourth-order valence-corrected chi connectivity index (χ4v) is 2.95. The minimum absolute atomic E-state index is 0.662. The van der Waals surface area contributed by atoms with E-state index >= 15 is 0 Å². The van der Waals surface area contributed by atoms with Gasteiger partial charge in [-0.2, -0.15) is 0 Å². The van der Waals surface area contributed by atoms with E-state index in [1.165, 1.54) is 38.8 Å². The van der Waals surface area contributed by atoms with Gasteiger partial charge in [-0.1, -0.05) is 13.8 Å². The van der Waals surface area contributed by atoms with Gasteiger partial charge >= 0.3 is 0 Å². The summed E-state index contributed by atoms with van der Waals surface area (Å²) in [5, 5.41) is 3.74. The maximum Gasteiger partial charge on any atom is 0.0509 e. The van der Waals surface area contributed by atoms with Gasteiger partial charge in [-0.15, -0.1) is 0 Å². The average molecular weight is 240 g/mol. The number of ether oxygens (including phenoxy) is 1. The van der Waals surface area contributed by atoms with E-state index in [1.807, 2.05) is 0 Å². The van der Waals surface area contributed by atoms with Crippen molar-refractivity contribution in [3.8, 4) is 0 Å². The van der Waals surface area contributed by atoms with Crippen LogP contribution in [0.3, 0.4) is 0 Å². The first-order valence-electron chi connectivity index (χ1n) is 7.40. The fourth-order valence-electron chi connectivity index (χ4n) is 2.95. The molecule has 0 spiro atoms. The molecular weight excluding hydrogens is 212 g/mol. The fraction of sp³-hybridized carbons (Fsp3) is 1.00. The highest BCUT2D eigenvalue weighted by molar-refractivity contribution is 4.85. The maximum absolute atomic E-state index is 5.49. The second kappa shape index (κ2) is 6.72. The Morgan fingerprint density at radius 1 is 1.29 bits per heavy atom. The molecule has 1 aliphatic heterocycles. The molecule has 2 unspecified atom stereocenters. The molecule has 3 nitrogen and oxygen atoms in total. The summed E-state index contributed by atoms with van der Waals surface area (Å²) in [4.78, 5) is 2.62. The Morgan fingerprint density at radius 2 is 2.12 bits per heavy atom. The van der Waals surface area contributed by atoms with Crippen LogP contribution in [0.2, 0.25) is 0 Å². The maximum atomic E-state index is 5.49. The number of nitrogens with one attached hydrogen (secondary N) is 1. The van der Waals surface area contributed by atoms with Gasteiger partial charge in [-0.25, -0.2) is 0 Å². The summed E-state index contributed by atoms with van der Waals surface area (Å²) in [6, 6.07) is 1.56. The molecule has 3 heteroatoms. The van der Waals surface area contributed by atoms with Crippen LogP contribution in [0.25, 0.3) is 0 Å². The van der Waals surface area contributed by atoms with Crippen LogP contribution < -0.4 is 5.32 Å². The third-order valence-corrected chi connectivity index (χ3v) is 4.25. The Balaban J connectivity index is 1.64. The van der Waals surface area contributed by atoms with Gasteiger partial charge in [0.05, 0.1) is 6.61 Å². The first kappa shape index (κ1) is 13.3. The first-order chi connectivity index (χ1) is 8.35. The van der Waals surface area contributed by atoms with E-state index in [1.54, 1.807) is 0 Å². The van der Waals surface area contributed by atoms with E-state index in [2.05, 4.69) is 24.1 Å². The molecule has 2 rings (SSSR count). The van der Waals surface area contributed by atoms with Crippen molar-refractivity contribution in [2.24, 2.45) is 5.92 Å². The third-order valence-electron chi connectivity index (χ3n) is 4.25. The van der Waals surface area contributed by atoms with Crippen molar-refractivity contribution in [2.45, 2.75) is 51.6 Å². The van der Waals surface area contributed by atoms with Gasteiger partial charge in [0.15, 0.2) is 0 Å². The molecule has 1 N–H and O–H groups in total. The van der Waals surface area contributed by atoms with E-state index in [-0.39, 0.29) is 0 Å². The highest BCUT2D eigenvalue weighted by Gasteiger charge is 2.28. The lowest BCUT2D eigenvalue weighted by atomic mass is 9.97. The molecule has 0 aromatic rings. The summed E-state index contributed by atoms with van der Waals surface area (Å²) in [6.45, 7) is 10.0. The highest BCUT2D eigenvalue weighted by Crippen LogP contribution is 2.26. The molecule has 0 aromatic carbocycles. The van der Waals surface area contributed by atoms with Crippen molar-refractivity contribution in [1.82, 2.24) is 10.2 Å². The highest BCUT2D eigenvalue weighted by atomic mass is 16.5. The molecule has 0 bridgehead atoms. The molecule has 0 aromatic heterocycles. The molecule has 0 radical (unpaired) electrons. The van der Waals surface area contributed by atoms with E-state index in [0.717, 1.165) is 31.7 Å². The normalized spacial score (nSPS) is 26.6. The van der Waals surface area contributed by atoms with E-state index in [4.69, 9.17) is 4.74 Å². The lowest BCUT2D eigenvalue weighted by Crippen LogP contribution is -2.41. The van der Waals surface area contributed by atoms with Crippen molar-refractivity contribution >= 4 is 0 Å². The van der Waals surface area contributed by atoms with Crippen LogP contribution in [0.15, 0.2) is 0 Å². The Hall–Kier alpha value is -0.120. The molecule has 100 valence electrons. The van der Waals surface area contributed by atoms with Crippen molar-refractivity contribution in [1.29, 1.82) is 0 Å². The number of nitrogens with zero attached hydrogens (tertiary/aromatic N) is 1. The van der Waals surface area contributed by atoms with Crippen molar-refractivity contribution < 1.29 is 4.74 Å². The zero-order valence-electron chi connectivity index (χ0n) is 11.5. The number of likely N-dealkylation sites (N-methyl/N-ethyl adjacent to an activating group) is 1. The molecule has 1 aliphatic carbocycles. The molecule has 0 amide bonds. The average Bonchev–Trinajstić information content (AvgIpc) is 3.05. The molecule has 2 atom stereocenters. The van der Waals surface area contributed by atoms with Crippen molar-refractivity contribution in [2.75, 3.05) is 32.8 Å². The van der Waals surface area contributed by atoms with Gasteiger partial charge < -0.3 is 10.1 Å². The standard InChI is InChI=1S/C14H28N2O/c1-3-14(12-7-10-17-11-12)15-8-9-16(4-2)13-5-6-13/h12-15H,3-11H2,1-2H3. The van der Waals surface area contributed by atoms with Crippen LogP contribution in [0.4, 0.5) is 0 Å². The summed E-state index contributed by atoms with van der Waals surface area (Å²) < 4.78 is 5.49. The smallest absolute Gasteiger partial charge is 0.0509 e. The Morgan fingerprint density at radius 3 is 2.65 bits per heavy atom. The van der Waals surface area contributed by atoms with Crippen molar-refractivity contribution in [3.05, 3.63) is 0 Å². The molecular formula is C14H28N2O. The SMILES string of the molecule is CCC(NCCN(CC)C1CC1)C1CCOC1. The lowest BCUT2D eigenvalue weighted by molar-refractivity contribution is 0.174. The largest absolute Gasteiger partial charge is 0.381 e. The van der Waals surface area contributed by atoms with Crippen LogP contribution in [0, 0.1) is 5.92 Å². The molecule has 1 saturated carbocycles. The van der Waals surface area contributed by atoms with Crippen LogP contribution >= 0.6 is 0 Å². The Bertz CT molecular complexity index is 212. The zero-order valence-corrected chi connectivity index (χ0v) is 11.5. The summed E-state index contributed by atoms with van der Waals surface area (Å²) in [7, 11) is 0.